The van der Waals surface area contributed by atoms with E-state index >= 15 is 0 Å². The molecule has 108 valence electrons. The molecule has 0 aromatic heterocycles. The molecule has 0 amide bonds. The van der Waals surface area contributed by atoms with E-state index in [-0.39, 0.29) is 0 Å². The van der Waals surface area contributed by atoms with Crippen molar-refractivity contribution in [2.45, 2.75) is 19.8 Å². The summed E-state index contributed by atoms with van der Waals surface area (Å²) in [6.45, 7) is 4.98. The third kappa shape index (κ3) is 5.62. The van der Waals surface area contributed by atoms with E-state index in [2.05, 4.69) is 11.6 Å². The van der Waals surface area contributed by atoms with Crippen LogP contribution in [-0.2, 0) is 19.7 Å². The molecule has 0 bridgehead atoms. The number of ether oxygens (including phenoxy) is 2. The molecule has 0 aliphatic carbocycles. The fourth-order valence-electron chi connectivity index (χ4n) is 1.94. The molecule has 1 atom stereocenters. The molecular weight excluding hydrogens is 256 g/mol. The van der Waals surface area contributed by atoms with Gasteiger partial charge in [-0.2, -0.15) is 17.4 Å². The van der Waals surface area contributed by atoms with Crippen LogP contribution in [0.3, 0.4) is 0 Å². The maximum absolute atomic E-state index is 12.0. The number of hydrogen-bond donors (Lipinski definition) is 1. The van der Waals surface area contributed by atoms with E-state index in [9.17, 15) is 8.42 Å². The van der Waals surface area contributed by atoms with Gasteiger partial charge in [0, 0.05) is 26.7 Å². The van der Waals surface area contributed by atoms with Crippen molar-refractivity contribution in [3.63, 3.8) is 0 Å². The van der Waals surface area contributed by atoms with E-state index in [0.717, 1.165) is 12.8 Å². The van der Waals surface area contributed by atoms with Gasteiger partial charge in [-0.3, -0.25) is 0 Å². The van der Waals surface area contributed by atoms with Gasteiger partial charge in [0.2, 0.25) is 0 Å². The number of nitrogens with one attached hydrogen (secondary N) is 1. The minimum atomic E-state index is -3.34. The zero-order chi connectivity index (χ0) is 13.4. The van der Waals surface area contributed by atoms with Crippen LogP contribution in [0.15, 0.2) is 0 Å². The highest BCUT2D eigenvalue weighted by molar-refractivity contribution is 7.87. The van der Waals surface area contributed by atoms with Crippen LogP contribution >= 0.6 is 0 Å². The van der Waals surface area contributed by atoms with Crippen molar-refractivity contribution in [3.05, 3.63) is 0 Å². The van der Waals surface area contributed by atoms with Crippen LogP contribution in [0.5, 0.6) is 0 Å². The van der Waals surface area contributed by atoms with Gasteiger partial charge in [0.25, 0.3) is 10.2 Å². The van der Waals surface area contributed by atoms with Crippen LogP contribution in [0.2, 0.25) is 0 Å². The molecule has 1 fully saturated rings. The van der Waals surface area contributed by atoms with E-state index in [1.807, 2.05) is 0 Å². The summed E-state index contributed by atoms with van der Waals surface area (Å²) in [6, 6.07) is 0. The average Bonchev–Trinajstić information content (AvgIpc) is 2.33. The summed E-state index contributed by atoms with van der Waals surface area (Å²) in [4.78, 5) is 0. The van der Waals surface area contributed by atoms with Crippen molar-refractivity contribution in [2.75, 3.05) is 46.6 Å². The van der Waals surface area contributed by atoms with Gasteiger partial charge in [0.1, 0.15) is 0 Å². The first-order valence-electron chi connectivity index (χ1n) is 6.37. The summed E-state index contributed by atoms with van der Waals surface area (Å²) in [6.07, 6.45) is 2.04. The smallest absolute Gasteiger partial charge is 0.279 e. The van der Waals surface area contributed by atoms with Crippen molar-refractivity contribution in [1.82, 2.24) is 9.03 Å². The molecule has 0 saturated carbocycles. The molecule has 6 nitrogen and oxygen atoms in total. The average molecular weight is 280 g/mol. The summed E-state index contributed by atoms with van der Waals surface area (Å²) >= 11 is 0. The normalized spacial score (nSPS) is 22.2. The Morgan fingerprint density at radius 2 is 2.11 bits per heavy atom. The van der Waals surface area contributed by atoms with Gasteiger partial charge in [-0.25, -0.2) is 0 Å². The van der Waals surface area contributed by atoms with Crippen LogP contribution < -0.4 is 4.72 Å². The molecule has 18 heavy (non-hydrogen) atoms. The number of piperidine rings is 1. The first-order chi connectivity index (χ1) is 8.56. The molecule has 1 saturated heterocycles. The predicted molar refractivity (Wildman–Crippen MR) is 69.6 cm³/mol. The Morgan fingerprint density at radius 3 is 2.78 bits per heavy atom. The lowest BCUT2D eigenvalue weighted by Gasteiger charge is -2.29. The number of methoxy groups -OCH3 is 1. The van der Waals surface area contributed by atoms with Gasteiger partial charge < -0.3 is 9.47 Å². The van der Waals surface area contributed by atoms with Gasteiger partial charge in [0.05, 0.1) is 19.8 Å². The first kappa shape index (κ1) is 15.8. The van der Waals surface area contributed by atoms with E-state index in [0.29, 0.717) is 45.4 Å². The predicted octanol–water partition coefficient (Wildman–Crippen LogP) is 0.216. The van der Waals surface area contributed by atoms with Crippen molar-refractivity contribution < 1.29 is 17.9 Å². The van der Waals surface area contributed by atoms with Gasteiger partial charge in [-0.1, -0.05) is 6.92 Å². The number of nitrogens with zero attached hydrogens (tertiary/aromatic N) is 1. The Labute approximate surface area is 110 Å². The Balaban J connectivity index is 2.22. The Hall–Kier alpha value is -0.210. The lowest BCUT2D eigenvalue weighted by atomic mass is 10.0. The maximum Gasteiger partial charge on any atom is 0.279 e. The summed E-state index contributed by atoms with van der Waals surface area (Å²) in [5.74, 6) is 0.438. The van der Waals surface area contributed by atoms with Crippen molar-refractivity contribution in [3.8, 4) is 0 Å². The van der Waals surface area contributed by atoms with Gasteiger partial charge in [-0.05, 0) is 18.8 Å². The van der Waals surface area contributed by atoms with Crippen LogP contribution in [0.4, 0.5) is 0 Å². The SMILES string of the molecule is COCCOCCNS(=O)(=O)N1CCCC(C)C1. The zero-order valence-corrected chi connectivity index (χ0v) is 12.0. The van der Waals surface area contributed by atoms with Crippen LogP contribution in [0, 0.1) is 5.92 Å². The maximum atomic E-state index is 12.0. The Morgan fingerprint density at radius 1 is 1.33 bits per heavy atom. The second-order valence-electron chi connectivity index (χ2n) is 4.61. The van der Waals surface area contributed by atoms with E-state index in [1.54, 1.807) is 7.11 Å². The highest BCUT2D eigenvalue weighted by Gasteiger charge is 2.26. The third-order valence-electron chi connectivity index (χ3n) is 2.92. The zero-order valence-electron chi connectivity index (χ0n) is 11.2. The van der Waals surface area contributed by atoms with Crippen molar-refractivity contribution in [1.29, 1.82) is 0 Å². The van der Waals surface area contributed by atoms with Crippen molar-refractivity contribution in [2.24, 2.45) is 5.92 Å². The molecule has 0 spiro atoms. The van der Waals surface area contributed by atoms with Crippen LogP contribution in [0.25, 0.3) is 0 Å². The Kier molecular flexibility index (Phi) is 7.10. The van der Waals surface area contributed by atoms with Crippen LogP contribution in [0.1, 0.15) is 19.8 Å². The summed E-state index contributed by atoms with van der Waals surface area (Å²) in [5.41, 5.74) is 0. The monoisotopic (exact) mass is 280 g/mol. The lowest BCUT2D eigenvalue weighted by Crippen LogP contribution is -2.46. The molecule has 0 aromatic rings. The van der Waals surface area contributed by atoms with E-state index < -0.39 is 10.2 Å². The van der Waals surface area contributed by atoms with E-state index in [1.165, 1.54) is 4.31 Å². The summed E-state index contributed by atoms with van der Waals surface area (Å²) in [5, 5.41) is 0. The molecule has 0 radical (unpaired) electrons. The first-order valence-corrected chi connectivity index (χ1v) is 7.81. The van der Waals surface area contributed by atoms with Gasteiger partial charge in [0.15, 0.2) is 0 Å². The molecule has 1 unspecified atom stereocenters. The topological polar surface area (TPSA) is 67.9 Å². The largest absolute Gasteiger partial charge is 0.382 e. The van der Waals surface area contributed by atoms with Gasteiger partial charge >= 0.3 is 0 Å². The number of hydrogen-bond acceptors (Lipinski definition) is 4. The number of rotatable bonds is 8. The molecule has 0 aromatic carbocycles. The Bertz CT molecular complexity index is 321. The molecule has 1 rings (SSSR count). The molecule has 1 aliphatic heterocycles. The second kappa shape index (κ2) is 8.06. The molecule has 7 heteroatoms. The standard InChI is InChI=1S/C11H24N2O4S/c1-11-4-3-6-13(10-11)18(14,15)12-5-7-17-9-8-16-2/h11-12H,3-10H2,1-2H3. The van der Waals surface area contributed by atoms with E-state index in [4.69, 9.17) is 9.47 Å². The second-order valence-corrected chi connectivity index (χ2v) is 6.37. The van der Waals surface area contributed by atoms with Gasteiger partial charge in [-0.15, -0.1) is 0 Å². The fourth-order valence-corrected chi connectivity index (χ4v) is 3.29. The molecular formula is C11H24N2O4S. The highest BCUT2D eigenvalue weighted by atomic mass is 32.2. The molecule has 1 aliphatic rings. The minimum absolute atomic E-state index is 0.303. The summed E-state index contributed by atoms with van der Waals surface area (Å²) < 4.78 is 38.0. The summed E-state index contributed by atoms with van der Waals surface area (Å²) in [7, 11) is -1.74. The highest BCUT2D eigenvalue weighted by Crippen LogP contribution is 2.17. The lowest BCUT2D eigenvalue weighted by molar-refractivity contribution is 0.0734. The molecule has 1 N–H and O–H groups in total. The van der Waals surface area contributed by atoms with Crippen LogP contribution in [-0.4, -0.2) is 59.3 Å². The molecule has 1 heterocycles. The minimum Gasteiger partial charge on any atom is -0.382 e. The van der Waals surface area contributed by atoms with Crippen molar-refractivity contribution >= 4 is 10.2 Å². The quantitative estimate of drug-likeness (QED) is 0.646. The fraction of sp³-hybridized carbons (Fsp3) is 1.00. The third-order valence-corrected chi connectivity index (χ3v) is 4.50.